The highest BCUT2D eigenvalue weighted by Gasteiger charge is 2.17. The number of nitrogens with zero attached hydrogens (tertiary/aromatic N) is 2. The molecule has 2 rings (SSSR count). The van der Waals surface area contributed by atoms with Crippen LogP contribution in [0.15, 0.2) is 18.3 Å². The fourth-order valence-corrected chi connectivity index (χ4v) is 2.54. The van der Waals surface area contributed by atoms with Gasteiger partial charge in [-0.1, -0.05) is 22.9 Å². The molecule has 0 spiro atoms. The Hall–Kier alpha value is -1.86. The number of nitrogens with one attached hydrogen (secondary N) is 1. The minimum Gasteiger partial charge on any atom is -0.481 e. The summed E-state index contributed by atoms with van der Waals surface area (Å²) in [5, 5.41) is 3.77. The van der Waals surface area contributed by atoms with Crippen LogP contribution < -0.4 is 10.1 Å². The fourth-order valence-electron chi connectivity index (χ4n) is 1.45. The zero-order valence-electron chi connectivity index (χ0n) is 10.8. The summed E-state index contributed by atoms with van der Waals surface area (Å²) in [6.07, 6.45) is 1.66. The van der Waals surface area contributed by atoms with Crippen LogP contribution in [-0.4, -0.2) is 30.2 Å². The van der Waals surface area contributed by atoms with Gasteiger partial charge in [-0.25, -0.2) is 14.8 Å². The van der Waals surface area contributed by atoms with Gasteiger partial charge in [0.1, 0.15) is 0 Å². The molecule has 2 heterocycles. The molecular formula is C12H12ClN3O3S. The van der Waals surface area contributed by atoms with Gasteiger partial charge in [0, 0.05) is 18.8 Å². The molecule has 0 saturated heterocycles. The number of methoxy groups -OCH3 is 2. The third-order valence-corrected chi connectivity index (χ3v) is 3.79. The van der Waals surface area contributed by atoms with Gasteiger partial charge >= 0.3 is 5.97 Å². The quantitative estimate of drug-likeness (QED) is 0.855. The lowest BCUT2D eigenvalue weighted by Crippen LogP contribution is -1.99. The monoisotopic (exact) mass is 313 g/mol. The Morgan fingerprint density at radius 2 is 2.30 bits per heavy atom. The van der Waals surface area contributed by atoms with Crippen LogP contribution in [0.1, 0.15) is 15.2 Å². The molecule has 1 N–H and O–H groups in total. The maximum absolute atomic E-state index is 11.4. The SMILES string of the molecule is COC(=O)c1sc(NCc2ccnc(OC)c2)nc1Cl. The van der Waals surface area contributed by atoms with Crippen LogP contribution in [0.3, 0.4) is 0 Å². The molecule has 0 aliphatic rings. The van der Waals surface area contributed by atoms with Gasteiger partial charge in [-0.3, -0.25) is 0 Å². The predicted molar refractivity (Wildman–Crippen MR) is 76.6 cm³/mol. The third-order valence-electron chi connectivity index (χ3n) is 2.41. The van der Waals surface area contributed by atoms with E-state index in [-0.39, 0.29) is 10.0 Å². The Kier molecular flexibility index (Phi) is 4.75. The first-order valence-corrected chi connectivity index (χ1v) is 6.81. The van der Waals surface area contributed by atoms with Crippen molar-refractivity contribution in [2.45, 2.75) is 6.54 Å². The van der Waals surface area contributed by atoms with E-state index in [0.717, 1.165) is 16.9 Å². The van der Waals surface area contributed by atoms with E-state index in [1.807, 2.05) is 12.1 Å². The molecule has 0 amide bonds. The lowest BCUT2D eigenvalue weighted by atomic mass is 10.3. The number of pyridine rings is 1. The number of halogens is 1. The second-order valence-electron chi connectivity index (χ2n) is 3.69. The molecule has 106 valence electrons. The second kappa shape index (κ2) is 6.53. The van der Waals surface area contributed by atoms with Crippen molar-refractivity contribution < 1.29 is 14.3 Å². The molecule has 0 aliphatic carbocycles. The molecule has 2 aromatic heterocycles. The van der Waals surface area contributed by atoms with Crippen molar-refractivity contribution in [2.24, 2.45) is 0 Å². The molecule has 8 heteroatoms. The smallest absolute Gasteiger partial charge is 0.351 e. The van der Waals surface area contributed by atoms with E-state index in [2.05, 4.69) is 20.0 Å². The largest absolute Gasteiger partial charge is 0.481 e. The second-order valence-corrected chi connectivity index (χ2v) is 5.05. The van der Waals surface area contributed by atoms with Gasteiger partial charge in [0.05, 0.1) is 14.2 Å². The lowest BCUT2D eigenvalue weighted by molar-refractivity contribution is 0.0606. The van der Waals surface area contributed by atoms with Crippen LogP contribution in [0.2, 0.25) is 5.15 Å². The average molecular weight is 314 g/mol. The summed E-state index contributed by atoms with van der Waals surface area (Å²) >= 11 is 7.02. The summed E-state index contributed by atoms with van der Waals surface area (Å²) in [5.41, 5.74) is 0.975. The van der Waals surface area contributed by atoms with Crippen molar-refractivity contribution in [3.05, 3.63) is 33.9 Å². The van der Waals surface area contributed by atoms with Crippen LogP contribution in [0.4, 0.5) is 5.13 Å². The Bertz CT molecular complexity index is 618. The molecule has 0 fully saturated rings. The molecule has 2 aromatic rings. The van der Waals surface area contributed by atoms with Gasteiger partial charge in [0.25, 0.3) is 0 Å². The first-order chi connectivity index (χ1) is 9.63. The number of aromatic nitrogens is 2. The van der Waals surface area contributed by atoms with Crippen LogP contribution in [0.5, 0.6) is 5.88 Å². The van der Waals surface area contributed by atoms with E-state index in [1.165, 1.54) is 7.11 Å². The van der Waals surface area contributed by atoms with E-state index in [0.29, 0.717) is 17.6 Å². The summed E-state index contributed by atoms with van der Waals surface area (Å²) in [5.74, 6) is 0.0443. The third kappa shape index (κ3) is 3.37. The van der Waals surface area contributed by atoms with Gasteiger partial charge in [-0.05, 0) is 11.6 Å². The van der Waals surface area contributed by atoms with E-state index < -0.39 is 5.97 Å². The maximum Gasteiger partial charge on any atom is 0.351 e. The van der Waals surface area contributed by atoms with Crippen LogP contribution >= 0.6 is 22.9 Å². The van der Waals surface area contributed by atoms with Crippen LogP contribution in [0.25, 0.3) is 0 Å². The van der Waals surface area contributed by atoms with Gasteiger partial charge in [-0.15, -0.1) is 0 Å². The number of thiazole rings is 1. The zero-order valence-corrected chi connectivity index (χ0v) is 12.4. The van der Waals surface area contributed by atoms with E-state index >= 15 is 0 Å². The normalized spacial score (nSPS) is 10.2. The molecular weight excluding hydrogens is 302 g/mol. The summed E-state index contributed by atoms with van der Waals surface area (Å²) in [7, 11) is 2.86. The number of anilines is 1. The van der Waals surface area contributed by atoms with Crippen molar-refractivity contribution in [2.75, 3.05) is 19.5 Å². The number of ether oxygens (including phenoxy) is 2. The maximum atomic E-state index is 11.4. The summed E-state index contributed by atoms with van der Waals surface area (Å²) in [4.78, 5) is 19.8. The van der Waals surface area contributed by atoms with Gasteiger partial charge in [0.15, 0.2) is 15.2 Å². The van der Waals surface area contributed by atoms with E-state index in [1.54, 1.807) is 13.3 Å². The highest BCUT2D eigenvalue weighted by molar-refractivity contribution is 7.18. The number of esters is 1. The molecule has 20 heavy (non-hydrogen) atoms. The van der Waals surface area contributed by atoms with Crippen LogP contribution in [0, 0.1) is 0 Å². The minimum atomic E-state index is -0.494. The number of hydrogen-bond donors (Lipinski definition) is 1. The summed E-state index contributed by atoms with van der Waals surface area (Å²) in [6.45, 7) is 0.517. The Morgan fingerprint density at radius 1 is 1.50 bits per heavy atom. The van der Waals surface area contributed by atoms with Crippen LogP contribution in [-0.2, 0) is 11.3 Å². The van der Waals surface area contributed by atoms with Crippen molar-refractivity contribution in [3.8, 4) is 5.88 Å². The minimum absolute atomic E-state index is 0.136. The van der Waals surface area contributed by atoms with Crippen molar-refractivity contribution in [1.29, 1.82) is 0 Å². The Morgan fingerprint density at radius 3 is 3.00 bits per heavy atom. The average Bonchev–Trinajstić information content (AvgIpc) is 2.85. The Labute approximate surface area is 124 Å². The van der Waals surface area contributed by atoms with E-state index in [4.69, 9.17) is 16.3 Å². The predicted octanol–water partition coefficient (Wildman–Crippen LogP) is 2.60. The molecule has 0 unspecified atom stereocenters. The number of carbonyl (C=O) groups excluding carboxylic acids is 1. The Balaban J connectivity index is 2.05. The first kappa shape index (κ1) is 14.5. The van der Waals surface area contributed by atoms with Crippen molar-refractivity contribution in [1.82, 2.24) is 9.97 Å². The summed E-state index contributed by atoms with van der Waals surface area (Å²) < 4.78 is 9.66. The standard InChI is InChI=1S/C12H12ClN3O3S/c1-18-8-5-7(3-4-14-8)6-15-12-16-10(13)9(20-12)11(17)19-2/h3-5H,6H2,1-2H3,(H,15,16). The van der Waals surface area contributed by atoms with Gasteiger partial charge in [0.2, 0.25) is 5.88 Å². The molecule has 0 aromatic carbocycles. The highest BCUT2D eigenvalue weighted by Crippen LogP contribution is 2.27. The van der Waals surface area contributed by atoms with Gasteiger partial charge < -0.3 is 14.8 Å². The van der Waals surface area contributed by atoms with Crippen molar-refractivity contribution in [3.63, 3.8) is 0 Å². The fraction of sp³-hybridized carbons (Fsp3) is 0.250. The topological polar surface area (TPSA) is 73.3 Å². The summed E-state index contributed by atoms with van der Waals surface area (Å²) in [6, 6.07) is 3.66. The van der Waals surface area contributed by atoms with Gasteiger partial charge in [-0.2, -0.15) is 0 Å². The molecule has 0 radical (unpaired) electrons. The van der Waals surface area contributed by atoms with Crippen molar-refractivity contribution >= 4 is 34.0 Å². The highest BCUT2D eigenvalue weighted by atomic mass is 35.5. The number of carbonyl (C=O) groups is 1. The number of rotatable bonds is 5. The molecule has 6 nitrogen and oxygen atoms in total. The molecule has 0 aliphatic heterocycles. The zero-order chi connectivity index (χ0) is 14.5. The first-order valence-electron chi connectivity index (χ1n) is 5.61. The molecule has 0 atom stereocenters. The lowest BCUT2D eigenvalue weighted by Gasteiger charge is -2.04. The molecule has 0 saturated carbocycles. The number of hydrogen-bond acceptors (Lipinski definition) is 7. The molecule has 0 bridgehead atoms. The van der Waals surface area contributed by atoms with E-state index in [9.17, 15) is 4.79 Å².